The third-order valence-electron chi connectivity index (χ3n) is 6.10. The second-order valence-corrected chi connectivity index (χ2v) is 13.6. The Morgan fingerprint density at radius 1 is 1.07 bits per heavy atom. The standard InChI is InChI=1S/C22H21OSi.2ClH.Zr/c1-24(2)21-18(16-8-7-14(11-16)9-10-23)13-19-17-6-4-3-5-15(17)12-20(19)22(21)24;;;/h3-7,11-13,23H,8-10H2,1-2H3;2*1H;/q;;;+2/p-2. The van der Waals surface area contributed by atoms with Gasteiger partial charge in [-0.25, -0.2) is 0 Å². The molecule has 5 heteroatoms. The van der Waals surface area contributed by atoms with Crippen LogP contribution in [-0.4, -0.2) is 19.8 Å². The van der Waals surface area contributed by atoms with Crippen molar-refractivity contribution in [3.8, 4) is 11.1 Å². The van der Waals surface area contributed by atoms with E-state index >= 15 is 0 Å². The van der Waals surface area contributed by atoms with Gasteiger partial charge in [-0.15, -0.1) is 0 Å². The van der Waals surface area contributed by atoms with Crippen molar-refractivity contribution in [2.45, 2.75) is 29.6 Å². The number of allylic oxidation sites excluding steroid dienone is 3. The van der Waals surface area contributed by atoms with Gasteiger partial charge in [0, 0.05) is 0 Å². The van der Waals surface area contributed by atoms with E-state index in [1.54, 1.807) is 40.7 Å². The minimum Gasteiger partial charge on any atom is -1.00 e. The Morgan fingerprint density at radius 2 is 1.81 bits per heavy atom. The van der Waals surface area contributed by atoms with Crippen LogP contribution in [0.3, 0.4) is 0 Å². The molecule has 0 radical (unpaired) electrons. The molecule has 2 aliphatic carbocycles. The Hall–Kier alpha value is -0.440. The van der Waals surface area contributed by atoms with Crippen LogP contribution in [0.5, 0.6) is 0 Å². The summed E-state index contributed by atoms with van der Waals surface area (Å²) in [5.74, 6) is 0. The number of fused-ring (bicyclic) bond motifs is 5. The zero-order valence-corrected chi connectivity index (χ0v) is 20.4. The topological polar surface area (TPSA) is 20.2 Å². The Morgan fingerprint density at radius 3 is 2.56 bits per heavy atom. The summed E-state index contributed by atoms with van der Waals surface area (Å²) in [6.07, 6.45) is 6.43. The van der Waals surface area contributed by atoms with Crippen LogP contribution in [0, 0.1) is 0 Å². The first-order valence-electron chi connectivity index (χ1n) is 9.07. The number of hydrogen-bond acceptors (Lipinski definition) is 1. The van der Waals surface area contributed by atoms with Crippen LogP contribution in [0.25, 0.3) is 16.7 Å². The van der Waals surface area contributed by atoms with Gasteiger partial charge in [-0.1, -0.05) is 0 Å². The van der Waals surface area contributed by atoms with E-state index in [0.29, 0.717) is 3.63 Å². The molecule has 3 aliphatic rings. The molecule has 1 nitrogen and oxygen atoms in total. The maximum absolute atomic E-state index is 9.24. The molecular weight excluding hydrogens is 470 g/mol. The van der Waals surface area contributed by atoms with Crippen molar-refractivity contribution < 1.29 is 54.6 Å². The SMILES string of the molecule is C[Si]1(C)c2c(C3=CC(CCO)=CC3)cc3c(c21)[CH]([Zr+2])c1ccccc1-3.[Cl-].[Cl-]. The maximum Gasteiger partial charge on any atom is -1.00 e. The minimum atomic E-state index is -1.39. The summed E-state index contributed by atoms with van der Waals surface area (Å²) in [7, 11) is -1.39. The molecule has 2 aromatic rings. The van der Waals surface area contributed by atoms with E-state index in [2.05, 4.69) is 55.6 Å². The molecule has 5 rings (SSSR count). The predicted molar refractivity (Wildman–Crippen MR) is 103 cm³/mol. The van der Waals surface area contributed by atoms with E-state index in [1.807, 2.05) is 0 Å². The fourth-order valence-electron chi connectivity index (χ4n) is 4.84. The van der Waals surface area contributed by atoms with Crippen molar-refractivity contribution >= 4 is 24.0 Å². The van der Waals surface area contributed by atoms with Crippen LogP contribution >= 0.6 is 0 Å². The molecular formula is C22H21Cl2OSiZr. The monoisotopic (exact) mass is 489 g/mol. The number of rotatable bonds is 3. The molecule has 0 saturated carbocycles. The molecule has 1 unspecified atom stereocenters. The summed E-state index contributed by atoms with van der Waals surface area (Å²) < 4.78 is 0.621. The number of benzene rings is 2. The number of aliphatic hydroxyl groups excluding tert-OH is 1. The fraction of sp³-hybridized carbons (Fsp3) is 0.273. The van der Waals surface area contributed by atoms with Gasteiger partial charge in [0.2, 0.25) is 0 Å². The van der Waals surface area contributed by atoms with Crippen molar-refractivity contribution in [1.82, 2.24) is 0 Å². The molecule has 1 atom stereocenters. The molecule has 1 N–H and O–H groups in total. The average Bonchev–Trinajstić information content (AvgIpc) is 2.93. The van der Waals surface area contributed by atoms with Crippen LogP contribution in [-0.2, 0) is 24.7 Å². The van der Waals surface area contributed by atoms with Gasteiger partial charge >= 0.3 is 166 Å². The van der Waals surface area contributed by atoms with Crippen molar-refractivity contribution in [2.24, 2.45) is 0 Å². The van der Waals surface area contributed by atoms with Crippen molar-refractivity contribution in [2.75, 3.05) is 6.61 Å². The first kappa shape index (κ1) is 21.3. The molecule has 0 aromatic heterocycles. The quantitative estimate of drug-likeness (QED) is 0.473. The van der Waals surface area contributed by atoms with E-state index in [4.69, 9.17) is 0 Å². The summed E-state index contributed by atoms with van der Waals surface area (Å²) >= 11 is 1.61. The predicted octanol–water partition coefficient (Wildman–Crippen LogP) is -2.46. The van der Waals surface area contributed by atoms with Gasteiger partial charge in [-0.3, -0.25) is 0 Å². The molecule has 0 saturated heterocycles. The second-order valence-electron chi connectivity index (χ2n) is 7.91. The minimum absolute atomic E-state index is 0. The third kappa shape index (κ3) is 3.02. The van der Waals surface area contributed by atoms with Gasteiger partial charge in [-0.2, -0.15) is 0 Å². The molecule has 0 spiro atoms. The first-order chi connectivity index (χ1) is 12.0. The zero-order valence-electron chi connectivity index (χ0n) is 15.4. The van der Waals surface area contributed by atoms with E-state index < -0.39 is 8.07 Å². The van der Waals surface area contributed by atoms with Gasteiger partial charge in [0.15, 0.2) is 0 Å². The molecule has 2 aromatic carbocycles. The summed E-state index contributed by atoms with van der Waals surface area (Å²) in [4.78, 5) is 0. The van der Waals surface area contributed by atoms with Gasteiger partial charge in [0.05, 0.1) is 0 Å². The smallest absolute Gasteiger partial charge is 1.00 e. The van der Waals surface area contributed by atoms with Gasteiger partial charge in [0.1, 0.15) is 0 Å². The summed E-state index contributed by atoms with van der Waals surface area (Å²) in [5, 5.41) is 12.7. The number of hydrogen-bond donors (Lipinski definition) is 1. The Kier molecular flexibility index (Phi) is 5.85. The van der Waals surface area contributed by atoms with Gasteiger partial charge < -0.3 is 24.8 Å². The Balaban J connectivity index is 0.00000105. The van der Waals surface area contributed by atoms with Crippen LogP contribution < -0.4 is 35.2 Å². The molecule has 27 heavy (non-hydrogen) atoms. The van der Waals surface area contributed by atoms with Crippen LogP contribution in [0.4, 0.5) is 0 Å². The number of aliphatic hydroxyl groups is 1. The molecule has 0 amide bonds. The normalized spacial score (nSPS) is 19.8. The fourth-order valence-corrected chi connectivity index (χ4v) is 10.4. The summed E-state index contributed by atoms with van der Waals surface area (Å²) in [5.41, 5.74) is 10.4. The van der Waals surface area contributed by atoms with Gasteiger partial charge in [-0.05, 0) is 0 Å². The Bertz CT molecular complexity index is 994. The molecule has 1 aliphatic heterocycles. The van der Waals surface area contributed by atoms with Crippen LogP contribution in [0.15, 0.2) is 48.1 Å². The third-order valence-corrected chi connectivity index (χ3v) is 10.9. The van der Waals surface area contributed by atoms with E-state index in [9.17, 15) is 5.11 Å². The van der Waals surface area contributed by atoms with Crippen LogP contribution in [0.2, 0.25) is 13.1 Å². The van der Waals surface area contributed by atoms with Crippen LogP contribution in [0.1, 0.15) is 33.2 Å². The van der Waals surface area contributed by atoms with Gasteiger partial charge in [0.25, 0.3) is 0 Å². The van der Waals surface area contributed by atoms with E-state index in [-0.39, 0.29) is 31.4 Å². The molecule has 137 valence electrons. The molecule has 0 bridgehead atoms. The van der Waals surface area contributed by atoms with Crippen molar-refractivity contribution in [3.05, 3.63) is 64.7 Å². The van der Waals surface area contributed by atoms with Crippen molar-refractivity contribution in [3.63, 3.8) is 0 Å². The second kappa shape index (κ2) is 7.43. The summed E-state index contributed by atoms with van der Waals surface area (Å²) in [6, 6.07) is 11.5. The molecule has 1 heterocycles. The maximum atomic E-state index is 9.24. The summed E-state index contributed by atoms with van der Waals surface area (Å²) in [6.45, 7) is 5.28. The van der Waals surface area contributed by atoms with E-state index in [0.717, 1.165) is 12.8 Å². The molecule has 0 fully saturated rings. The zero-order chi connectivity index (χ0) is 17.3. The number of halogens is 2. The van der Waals surface area contributed by atoms with E-state index in [1.165, 1.54) is 33.4 Å². The van der Waals surface area contributed by atoms with Crippen molar-refractivity contribution in [1.29, 1.82) is 0 Å². The first-order valence-corrected chi connectivity index (χ1v) is 13.5. The Labute approximate surface area is 189 Å². The largest absolute Gasteiger partial charge is 1.00 e. The average molecular weight is 492 g/mol.